The molecule has 3 fully saturated rings. The van der Waals surface area contributed by atoms with E-state index in [1.807, 2.05) is 18.3 Å². The second kappa shape index (κ2) is 7.53. The fourth-order valence-corrected chi connectivity index (χ4v) is 9.49. The van der Waals surface area contributed by atoms with Gasteiger partial charge in [0.2, 0.25) is 11.8 Å². The lowest BCUT2D eigenvalue weighted by molar-refractivity contribution is -0.155. The lowest BCUT2D eigenvalue weighted by Gasteiger charge is -2.42. The highest BCUT2D eigenvalue weighted by Gasteiger charge is 2.69. The fraction of sp³-hybridized carbons (Fsp3) is 0.522. The van der Waals surface area contributed by atoms with Crippen LogP contribution in [0.1, 0.15) is 36.6 Å². The summed E-state index contributed by atoms with van der Waals surface area (Å²) in [5, 5.41) is 0.997. The molecular formula is C23H23N3O5S2. The van der Waals surface area contributed by atoms with Gasteiger partial charge >= 0.3 is 10.8 Å². The number of rotatable bonds is 4. The SMILES string of the molecule is CC(C)OC(=O)CN1C(=O)C2C3CC(C2C1=O)C1C(c2cccnc2)c2sc(=O)[nH]c2SC31. The standard InChI is InChI=1S/C23H23N3O5S2/c1-9(2)31-13(27)8-26-21(28)16-11-6-12(17(16)22(26)29)18-15(11)14(10-4-3-5-24-7-10)19-20(32-18)25-23(30)33-19/h3-5,7,9,11-12,14-18H,6,8H2,1-2H3,(H,25,30). The van der Waals surface area contributed by atoms with E-state index in [1.165, 1.54) is 11.3 Å². The number of aromatic nitrogens is 2. The molecule has 6 rings (SSSR count). The van der Waals surface area contributed by atoms with Gasteiger partial charge in [-0.1, -0.05) is 17.4 Å². The summed E-state index contributed by atoms with van der Waals surface area (Å²) in [6.07, 6.45) is 4.07. The molecule has 172 valence electrons. The number of amides is 2. The molecule has 7 unspecified atom stereocenters. The first-order chi connectivity index (χ1) is 15.8. The molecule has 2 aromatic rings. The maximum absolute atomic E-state index is 13.4. The minimum absolute atomic E-state index is 0.0237. The monoisotopic (exact) mass is 485 g/mol. The number of hydrogen-bond acceptors (Lipinski definition) is 8. The maximum atomic E-state index is 13.4. The number of likely N-dealkylation sites (tertiary alicyclic amines) is 1. The number of pyridine rings is 1. The van der Waals surface area contributed by atoms with Crippen LogP contribution in [0.5, 0.6) is 0 Å². The quantitative estimate of drug-likeness (QED) is 0.523. The summed E-state index contributed by atoms with van der Waals surface area (Å²) in [5.41, 5.74) is 1.03. The Balaban J connectivity index is 1.37. The molecule has 4 aliphatic rings. The van der Waals surface area contributed by atoms with Crippen molar-refractivity contribution in [1.82, 2.24) is 14.9 Å². The Hall–Kier alpha value is -2.46. The van der Waals surface area contributed by atoms with Crippen LogP contribution in [0.4, 0.5) is 0 Å². The molecule has 4 heterocycles. The molecule has 2 bridgehead atoms. The summed E-state index contributed by atoms with van der Waals surface area (Å²) in [6, 6.07) is 3.92. The molecular weight excluding hydrogens is 462 g/mol. The smallest absolute Gasteiger partial charge is 0.326 e. The Morgan fingerprint density at radius 1 is 1.24 bits per heavy atom. The number of nitrogens with zero attached hydrogens (tertiary/aromatic N) is 2. The molecule has 7 atom stereocenters. The summed E-state index contributed by atoms with van der Waals surface area (Å²) in [7, 11) is 0. The summed E-state index contributed by atoms with van der Waals surface area (Å²) in [6.45, 7) is 3.16. The predicted molar refractivity (Wildman–Crippen MR) is 121 cm³/mol. The molecule has 0 aromatic carbocycles. The van der Waals surface area contributed by atoms with Gasteiger partial charge in [0.15, 0.2) is 0 Å². The molecule has 8 nitrogen and oxygen atoms in total. The number of imide groups is 1. The van der Waals surface area contributed by atoms with E-state index >= 15 is 0 Å². The number of hydrogen-bond donors (Lipinski definition) is 1. The third kappa shape index (κ3) is 3.06. The van der Waals surface area contributed by atoms with Crippen LogP contribution in [-0.2, 0) is 19.1 Å². The third-order valence-electron chi connectivity index (χ3n) is 7.51. The van der Waals surface area contributed by atoms with Crippen LogP contribution >= 0.6 is 23.1 Å². The molecule has 0 radical (unpaired) electrons. The van der Waals surface area contributed by atoms with Gasteiger partial charge in [0, 0.05) is 28.4 Å². The second-order valence-corrected chi connectivity index (χ2v) is 11.8. The lowest BCUT2D eigenvalue weighted by Crippen LogP contribution is -2.42. The molecule has 33 heavy (non-hydrogen) atoms. The Morgan fingerprint density at radius 2 is 2.00 bits per heavy atom. The van der Waals surface area contributed by atoms with Crippen LogP contribution < -0.4 is 4.87 Å². The molecule has 2 aliphatic heterocycles. The van der Waals surface area contributed by atoms with Crippen molar-refractivity contribution in [3.63, 3.8) is 0 Å². The van der Waals surface area contributed by atoms with Crippen LogP contribution in [-0.4, -0.2) is 50.6 Å². The van der Waals surface area contributed by atoms with Crippen molar-refractivity contribution in [2.75, 3.05) is 6.54 Å². The molecule has 0 spiro atoms. The molecule has 1 saturated heterocycles. The normalized spacial score (nSPS) is 33.9. The Kier molecular flexibility index (Phi) is 4.81. The number of ether oxygens (including phenoxy) is 1. The number of thiazole rings is 1. The van der Waals surface area contributed by atoms with Crippen molar-refractivity contribution < 1.29 is 19.1 Å². The number of H-pyrrole nitrogens is 1. The number of aromatic amines is 1. The van der Waals surface area contributed by atoms with E-state index in [-0.39, 0.29) is 58.3 Å². The van der Waals surface area contributed by atoms with Crippen molar-refractivity contribution in [1.29, 1.82) is 0 Å². The summed E-state index contributed by atoms with van der Waals surface area (Å²) < 4.78 is 5.18. The topological polar surface area (TPSA) is 109 Å². The van der Waals surface area contributed by atoms with Crippen LogP contribution in [0.2, 0.25) is 0 Å². The molecule has 2 aliphatic carbocycles. The molecule has 2 aromatic heterocycles. The van der Waals surface area contributed by atoms with E-state index in [2.05, 4.69) is 9.97 Å². The van der Waals surface area contributed by atoms with Crippen molar-refractivity contribution >= 4 is 40.9 Å². The van der Waals surface area contributed by atoms with Gasteiger partial charge in [-0.05, 0) is 49.7 Å². The van der Waals surface area contributed by atoms with Crippen LogP contribution in [0.25, 0.3) is 0 Å². The molecule has 2 amide bonds. The lowest BCUT2D eigenvalue weighted by atomic mass is 9.68. The zero-order chi connectivity index (χ0) is 23.0. The van der Waals surface area contributed by atoms with Crippen molar-refractivity contribution in [3.05, 3.63) is 44.6 Å². The van der Waals surface area contributed by atoms with Gasteiger partial charge in [-0.15, -0.1) is 11.8 Å². The Bertz CT molecular complexity index is 1210. The van der Waals surface area contributed by atoms with E-state index in [4.69, 9.17) is 4.74 Å². The number of esters is 1. The van der Waals surface area contributed by atoms with Gasteiger partial charge in [-0.2, -0.15) is 0 Å². The van der Waals surface area contributed by atoms with Crippen LogP contribution in [0.15, 0.2) is 34.3 Å². The highest BCUT2D eigenvalue weighted by atomic mass is 32.2. The van der Waals surface area contributed by atoms with Gasteiger partial charge in [0.1, 0.15) is 6.54 Å². The average Bonchev–Trinajstić information content (AvgIpc) is 3.49. The Labute approximate surface area is 198 Å². The summed E-state index contributed by atoms with van der Waals surface area (Å²) in [5.74, 6) is -1.72. The predicted octanol–water partition coefficient (Wildman–Crippen LogP) is 2.26. The van der Waals surface area contributed by atoms with Gasteiger partial charge in [-0.3, -0.25) is 29.1 Å². The third-order valence-corrected chi connectivity index (χ3v) is 10.1. The number of carbonyl (C=O) groups excluding carboxylic acids is 3. The number of carbonyl (C=O) groups is 3. The molecule has 1 N–H and O–H groups in total. The van der Waals surface area contributed by atoms with Crippen molar-refractivity contribution in [2.45, 2.75) is 42.6 Å². The van der Waals surface area contributed by atoms with Crippen molar-refractivity contribution in [3.8, 4) is 0 Å². The van der Waals surface area contributed by atoms with E-state index in [0.29, 0.717) is 0 Å². The highest BCUT2D eigenvalue weighted by Crippen LogP contribution is 2.68. The van der Waals surface area contributed by atoms with Crippen LogP contribution in [0.3, 0.4) is 0 Å². The number of nitrogens with one attached hydrogen (secondary N) is 1. The first-order valence-electron chi connectivity index (χ1n) is 11.2. The van der Waals surface area contributed by atoms with Gasteiger partial charge in [0.05, 0.1) is 23.0 Å². The largest absolute Gasteiger partial charge is 0.462 e. The summed E-state index contributed by atoms with van der Waals surface area (Å²) in [4.78, 5) is 60.5. The van der Waals surface area contributed by atoms with E-state index in [9.17, 15) is 19.2 Å². The average molecular weight is 486 g/mol. The van der Waals surface area contributed by atoms with Gasteiger partial charge < -0.3 is 9.72 Å². The van der Waals surface area contributed by atoms with E-state index in [0.717, 1.165) is 26.8 Å². The molecule has 10 heteroatoms. The number of fused-ring (bicyclic) bond motifs is 9. The first-order valence-corrected chi connectivity index (χ1v) is 12.9. The minimum Gasteiger partial charge on any atom is -0.462 e. The number of thioether (sulfide) groups is 1. The zero-order valence-electron chi connectivity index (χ0n) is 18.1. The van der Waals surface area contributed by atoms with Gasteiger partial charge in [0.25, 0.3) is 0 Å². The van der Waals surface area contributed by atoms with Crippen LogP contribution in [0, 0.1) is 29.6 Å². The van der Waals surface area contributed by atoms with Crippen molar-refractivity contribution in [2.24, 2.45) is 29.6 Å². The Morgan fingerprint density at radius 3 is 2.70 bits per heavy atom. The van der Waals surface area contributed by atoms with E-state index < -0.39 is 17.8 Å². The second-order valence-electron chi connectivity index (χ2n) is 9.55. The highest BCUT2D eigenvalue weighted by molar-refractivity contribution is 8.00. The molecule has 2 saturated carbocycles. The zero-order valence-corrected chi connectivity index (χ0v) is 19.7. The van der Waals surface area contributed by atoms with E-state index in [1.54, 1.807) is 31.8 Å². The first kappa shape index (κ1) is 21.1. The fourth-order valence-electron chi connectivity index (χ4n) is 6.60. The summed E-state index contributed by atoms with van der Waals surface area (Å²) >= 11 is 2.87. The van der Waals surface area contributed by atoms with Gasteiger partial charge in [-0.25, -0.2) is 0 Å². The minimum atomic E-state index is -0.557. The maximum Gasteiger partial charge on any atom is 0.326 e.